The molecule has 0 atom stereocenters. The maximum Gasteiger partial charge on any atom is 0.412 e. The largest absolute Gasteiger partial charge is 0.454 e. The maximum absolute atomic E-state index is 12.8. The van der Waals surface area contributed by atoms with Crippen molar-refractivity contribution in [1.82, 2.24) is 4.90 Å². The first kappa shape index (κ1) is 27.5. The third-order valence-electron chi connectivity index (χ3n) is 6.32. The number of ether oxygens (including phenoxy) is 3. The Labute approximate surface area is 238 Å². The van der Waals surface area contributed by atoms with Gasteiger partial charge in [-0.2, -0.15) is 0 Å². The summed E-state index contributed by atoms with van der Waals surface area (Å²) in [6, 6.07) is 15.6. The fourth-order valence-corrected chi connectivity index (χ4v) is 5.25. The lowest BCUT2D eigenvalue weighted by atomic mass is 10.1. The predicted molar refractivity (Wildman–Crippen MR) is 158 cm³/mol. The summed E-state index contributed by atoms with van der Waals surface area (Å²) in [5.74, 6) is 1.30. The van der Waals surface area contributed by atoms with E-state index in [2.05, 4.69) is 21.6 Å². The van der Waals surface area contributed by atoms with Crippen molar-refractivity contribution in [1.29, 1.82) is 0 Å². The quantitative estimate of drug-likeness (QED) is 0.309. The molecule has 9 heteroatoms. The first-order chi connectivity index (χ1) is 19.2. The Hall–Kier alpha value is -4.08. The van der Waals surface area contributed by atoms with Crippen molar-refractivity contribution < 1.29 is 23.8 Å². The minimum absolute atomic E-state index is 0.275. The molecule has 40 heavy (non-hydrogen) atoms. The lowest BCUT2D eigenvalue weighted by molar-refractivity contribution is -0.111. The molecule has 3 aromatic rings. The topological polar surface area (TPSA) is 89.1 Å². The van der Waals surface area contributed by atoms with Gasteiger partial charge in [-0.05, 0) is 74.0 Å². The molecule has 1 fully saturated rings. The van der Waals surface area contributed by atoms with Gasteiger partial charge < -0.3 is 19.5 Å². The molecule has 1 aromatic heterocycles. The van der Waals surface area contributed by atoms with Crippen LogP contribution in [-0.4, -0.2) is 42.4 Å². The number of thiophene rings is 1. The van der Waals surface area contributed by atoms with Gasteiger partial charge in [0.2, 0.25) is 12.7 Å². The zero-order chi connectivity index (χ0) is 28.1. The second-order valence-electron chi connectivity index (χ2n) is 10.7. The molecular formula is C31H33N3O5S. The summed E-state index contributed by atoms with van der Waals surface area (Å²) in [5.41, 5.74) is 3.71. The van der Waals surface area contributed by atoms with Crippen molar-refractivity contribution in [3.8, 4) is 21.9 Å². The van der Waals surface area contributed by atoms with Crippen LogP contribution in [0, 0.1) is 0 Å². The van der Waals surface area contributed by atoms with Crippen LogP contribution in [0.3, 0.4) is 0 Å². The minimum atomic E-state index is -0.638. The monoisotopic (exact) mass is 559 g/mol. The molecule has 2 aliphatic heterocycles. The van der Waals surface area contributed by atoms with Crippen molar-refractivity contribution in [2.45, 2.75) is 39.3 Å². The van der Waals surface area contributed by atoms with E-state index in [1.54, 1.807) is 44.3 Å². The van der Waals surface area contributed by atoms with E-state index in [-0.39, 0.29) is 12.7 Å². The minimum Gasteiger partial charge on any atom is -0.454 e. The molecule has 2 amide bonds. The molecule has 0 radical (unpaired) electrons. The summed E-state index contributed by atoms with van der Waals surface area (Å²) in [6.07, 6.45) is 5.64. The van der Waals surface area contributed by atoms with Crippen molar-refractivity contribution >= 4 is 34.7 Å². The van der Waals surface area contributed by atoms with E-state index in [9.17, 15) is 9.59 Å². The number of benzene rings is 2. The van der Waals surface area contributed by atoms with E-state index in [1.165, 1.54) is 17.2 Å². The van der Waals surface area contributed by atoms with Crippen LogP contribution < -0.4 is 20.1 Å². The molecule has 0 unspecified atom stereocenters. The highest BCUT2D eigenvalue weighted by Crippen LogP contribution is 2.34. The van der Waals surface area contributed by atoms with E-state index >= 15 is 0 Å². The second-order valence-corrected chi connectivity index (χ2v) is 11.6. The number of amides is 2. The van der Waals surface area contributed by atoms with Gasteiger partial charge >= 0.3 is 6.09 Å². The normalized spacial score (nSPS) is 16.0. The van der Waals surface area contributed by atoms with Crippen LogP contribution >= 0.6 is 11.3 Å². The number of carbonyl (C=O) groups excluding carboxylic acids is 2. The van der Waals surface area contributed by atoms with Crippen LogP contribution in [0.1, 0.15) is 32.8 Å². The number of likely N-dealkylation sites (tertiary alicyclic amines) is 1. The highest BCUT2D eigenvalue weighted by molar-refractivity contribution is 7.13. The zero-order valence-corrected chi connectivity index (χ0v) is 23.7. The summed E-state index contributed by atoms with van der Waals surface area (Å²) in [5, 5.41) is 7.67. The number of hydrogen-bond donors (Lipinski definition) is 2. The van der Waals surface area contributed by atoms with Gasteiger partial charge in [-0.3, -0.25) is 15.0 Å². The maximum atomic E-state index is 12.8. The van der Waals surface area contributed by atoms with Gasteiger partial charge in [-0.25, -0.2) is 4.79 Å². The molecule has 0 saturated carbocycles. The Morgan fingerprint density at radius 3 is 2.70 bits per heavy atom. The number of fused-ring (bicyclic) bond motifs is 1. The number of rotatable bonds is 7. The smallest absolute Gasteiger partial charge is 0.412 e. The fourth-order valence-electron chi connectivity index (χ4n) is 4.53. The van der Waals surface area contributed by atoms with E-state index < -0.39 is 11.7 Å². The standard InChI is InChI=1S/C31H33N3O5S/c1-31(2,3)39-30(36)33-24-11-10-23(28-7-5-15-40-28)17-25(24)32-29(35)8-4-6-21-13-14-34(18-21)19-22-9-12-26-27(16-22)38-20-37-26/h4-12,15-17H,13-14,18-20H2,1-3H3,(H,32,35)(H,33,36). The molecule has 2 aromatic carbocycles. The molecule has 0 spiro atoms. The first-order valence-electron chi connectivity index (χ1n) is 13.2. The fraction of sp³-hybridized carbons (Fsp3) is 0.290. The summed E-state index contributed by atoms with van der Waals surface area (Å²) in [4.78, 5) is 28.7. The Morgan fingerprint density at radius 1 is 1.05 bits per heavy atom. The number of carbonyl (C=O) groups is 2. The van der Waals surface area contributed by atoms with Crippen LogP contribution in [0.2, 0.25) is 0 Å². The summed E-state index contributed by atoms with van der Waals surface area (Å²) in [6.45, 7) is 8.30. The summed E-state index contributed by atoms with van der Waals surface area (Å²) >= 11 is 1.60. The lowest BCUT2D eigenvalue weighted by Gasteiger charge is -2.20. The van der Waals surface area contributed by atoms with Crippen molar-refractivity contribution in [3.63, 3.8) is 0 Å². The zero-order valence-electron chi connectivity index (χ0n) is 22.9. The highest BCUT2D eigenvalue weighted by Gasteiger charge is 2.20. The number of anilines is 2. The molecule has 1 saturated heterocycles. The van der Waals surface area contributed by atoms with Crippen LogP contribution in [0.4, 0.5) is 16.2 Å². The van der Waals surface area contributed by atoms with Crippen molar-refractivity contribution in [2.75, 3.05) is 30.5 Å². The Bertz CT molecular complexity index is 1440. The van der Waals surface area contributed by atoms with Gasteiger partial charge in [0.05, 0.1) is 11.4 Å². The molecule has 0 bridgehead atoms. The van der Waals surface area contributed by atoms with Crippen LogP contribution in [0.25, 0.3) is 10.4 Å². The lowest BCUT2D eigenvalue weighted by Crippen LogP contribution is -2.27. The van der Waals surface area contributed by atoms with Gasteiger partial charge in [-0.15, -0.1) is 11.3 Å². The van der Waals surface area contributed by atoms with Crippen LogP contribution in [-0.2, 0) is 16.1 Å². The molecule has 2 aliphatic rings. The second kappa shape index (κ2) is 12.0. The van der Waals surface area contributed by atoms with Gasteiger partial charge in [0.15, 0.2) is 11.5 Å². The number of nitrogens with zero attached hydrogens (tertiary/aromatic N) is 1. The van der Waals surface area contributed by atoms with E-state index in [0.29, 0.717) is 11.4 Å². The third-order valence-corrected chi connectivity index (χ3v) is 7.24. The van der Waals surface area contributed by atoms with Crippen LogP contribution in [0.5, 0.6) is 11.5 Å². The highest BCUT2D eigenvalue weighted by atomic mass is 32.1. The molecule has 2 N–H and O–H groups in total. The van der Waals surface area contributed by atoms with Gasteiger partial charge in [-0.1, -0.05) is 35.9 Å². The molecule has 0 aliphatic carbocycles. The Kier molecular flexibility index (Phi) is 8.23. The molecule has 208 valence electrons. The van der Waals surface area contributed by atoms with Gasteiger partial charge in [0.25, 0.3) is 0 Å². The molecule has 8 nitrogen and oxygen atoms in total. The van der Waals surface area contributed by atoms with Gasteiger partial charge in [0.1, 0.15) is 5.60 Å². The Balaban J connectivity index is 1.21. The SMILES string of the molecule is CC(C)(C)OC(=O)Nc1ccc(-c2cccs2)cc1NC(=O)C=CC=C1CCN(Cc2ccc3c(c2)OCO3)C1. The number of allylic oxidation sites excluding steroid dienone is 2. The third kappa shape index (κ3) is 7.31. The van der Waals surface area contributed by atoms with Crippen molar-refractivity contribution in [2.24, 2.45) is 0 Å². The van der Waals surface area contributed by atoms with E-state index in [0.717, 1.165) is 48.0 Å². The number of hydrogen-bond acceptors (Lipinski definition) is 7. The van der Waals surface area contributed by atoms with E-state index in [4.69, 9.17) is 14.2 Å². The van der Waals surface area contributed by atoms with Crippen LogP contribution in [0.15, 0.2) is 77.7 Å². The molecular weight excluding hydrogens is 526 g/mol. The molecule has 3 heterocycles. The average molecular weight is 560 g/mol. The summed E-state index contributed by atoms with van der Waals surface area (Å²) in [7, 11) is 0. The number of nitrogens with one attached hydrogen (secondary N) is 2. The van der Waals surface area contributed by atoms with Gasteiger partial charge in [0, 0.05) is 30.6 Å². The van der Waals surface area contributed by atoms with Crippen molar-refractivity contribution in [3.05, 3.63) is 83.3 Å². The Morgan fingerprint density at radius 2 is 1.90 bits per heavy atom. The first-order valence-corrected chi connectivity index (χ1v) is 14.1. The van der Waals surface area contributed by atoms with E-state index in [1.807, 2.05) is 47.9 Å². The summed E-state index contributed by atoms with van der Waals surface area (Å²) < 4.78 is 16.3. The predicted octanol–water partition coefficient (Wildman–Crippen LogP) is 6.82. The average Bonchev–Trinajstić information content (AvgIpc) is 3.66. The molecule has 5 rings (SSSR count).